The highest BCUT2D eigenvalue weighted by molar-refractivity contribution is 6.33. The molecule has 1 unspecified atom stereocenters. The first kappa shape index (κ1) is 20.7. The van der Waals surface area contributed by atoms with Crippen LogP contribution in [0.3, 0.4) is 0 Å². The average Bonchev–Trinajstić information content (AvgIpc) is 3.37. The van der Waals surface area contributed by atoms with Gasteiger partial charge in [-0.15, -0.1) is 5.10 Å². The van der Waals surface area contributed by atoms with E-state index < -0.39 is 0 Å². The molecule has 2 aromatic carbocycles. The van der Waals surface area contributed by atoms with Gasteiger partial charge in [-0.25, -0.2) is 5.10 Å². The van der Waals surface area contributed by atoms with E-state index >= 15 is 0 Å². The van der Waals surface area contributed by atoms with Crippen molar-refractivity contribution >= 4 is 23.6 Å². The van der Waals surface area contributed by atoms with E-state index in [0.29, 0.717) is 30.5 Å². The van der Waals surface area contributed by atoms with Crippen molar-refractivity contribution in [1.29, 1.82) is 0 Å². The van der Waals surface area contributed by atoms with Crippen molar-refractivity contribution in [1.82, 2.24) is 25.5 Å². The van der Waals surface area contributed by atoms with Gasteiger partial charge in [0.1, 0.15) is 0 Å². The van der Waals surface area contributed by atoms with Gasteiger partial charge < -0.3 is 9.79 Å². The number of nitrogens with zero attached hydrogens (tertiary/aromatic N) is 4. The third kappa shape index (κ3) is 4.24. The lowest BCUT2D eigenvalue weighted by molar-refractivity contribution is -0.215. The minimum atomic E-state index is -0.0481. The first-order valence-corrected chi connectivity index (χ1v) is 10.9. The standard InChI is InChI=1S/C23H21ClN5O3/c24-19-5-1-3-15(22(19)17-6-8-20-16(13-17)10-12-31-32-20)7-9-21(30)29-11-2-4-18(14-29)23-25-27-28-26-23/h1,3,6-9,13,18H,2,4,10-12,14H2,(H,25,26,27,28)/b9-7+. The molecule has 1 radical (unpaired) electrons. The largest absolute Gasteiger partial charge is 0.338 e. The SMILES string of the molecule is O=C(/C=C/c1cc[c]c(Cl)c1-c1ccc2c(c1)CCOO2)N1CCCC(c2nnn[nH]2)C1. The summed E-state index contributed by atoms with van der Waals surface area (Å²) >= 11 is 6.52. The number of hydrogen-bond acceptors (Lipinski definition) is 6. The van der Waals surface area contributed by atoms with Crippen LogP contribution in [-0.4, -0.2) is 51.1 Å². The fourth-order valence-corrected chi connectivity index (χ4v) is 4.48. The van der Waals surface area contributed by atoms with E-state index in [1.165, 1.54) is 0 Å². The molecule has 9 heteroatoms. The first-order chi connectivity index (χ1) is 15.7. The van der Waals surface area contributed by atoms with Gasteiger partial charge in [0.25, 0.3) is 0 Å². The van der Waals surface area contributed by atoms with Crippen molar-refractivity contribution in [3.63, 3.8) is 0 Å². The zero-order chi connectivity index (χ0) is 21.9. The van der Waals surface area contributed by atoms with Gasteiger partial charge >= 0.3 is 0 Å². The molecule has 2 aliphatic heterocycles. The van der Waals surface area contributed by atoms with E-state index in [2.05, 4.69) is 26.7 Å². The van der Waals surface area contributed by atoms with Gasteiger partial charge in [-0.05, 0) is 52.6 Å². The van der Waals surface area contributed by atoms with Crippen LogP contribution in [0, 0.1) is 6.07 Å². The smallest absolute Gasteiger partial charge is 0.246 e. The summed E-state index contributed by atoms with van der Waals surface area (Å²) in [6.07, 6.45) is 6.04. The maximum absolute atomic E-state index is 12.9. The number of carbonyl (C=O) groups is 1. The molecule has 1 fully saturated rings. The number of carbonyl (C=O) groups excluding carboxylic acids is 1. The summed E-state index contributed by atoms with van der Waals surface area (Å²) in [6.45, 7) is 1.81. The number of rotatable bonds is 4. The number of piperidine rings is 1. The van der Waals surface area contributed by atoms with E-state index in [0.717, 1.165) is 47.3 Å². The molecule has 0 aliphatic carbocycles. The first-order valence-electron chi connectivity index (χ1n) is 10.5. The van der Waals surface area contributed by atoms with Crippen molar-refractivity contribution in [3.8, 4) is 16.9 Å². The van der Waals surface area contributed by atoms with Crippen LogP contribution in [-0.2, 0) is 16.1 Å². The molecule has 3 heterocycles. The maximum atomic E-state index is 12.9. The van der Waals surface area contributed by atoms with Gasteiger partial charge in [-0.3, -0.25) is 4.79 Å². The summed E-state index contributed by atoms with van der Waals surface area (Å²) < 4.78 is 0. The summed E-state index contributed by atoms with van der Waals surface area (Å²) in [6, 6.07) is 12.6. The number of aromatic nitrogens is 4. The molecule has 2 aliphatic rings. The lowest BCUT2D eigenvalue weighted by Crippen LogP contribution is -2.38. The van der Waals surface area contributed by atoms with Gasteiger partial charge in [0.2, 0.25) is 5.91 Å². The molecule has 32 heavy (non-hydrogen) atoms. The number of nitrogens with one attached hydrogen (secondary N) is 1. The highest BCUT2D eigenvalue weighted by Crippen LogP contribution is 2.36. The second-order valence-electron chi connectivity index (χ2n) is 7.84. The lowest BCUT2D eigenvalue weighted by atomic mass is 9.96. The van der Waals surface area contributed by atoms with Crippen LogP contribution in [0.1, 0.15) is 35.7 Å². The molecule has 0 saturated carbocycles. The summed E-state index contributed by atoms with van der Waals surface area (Å²) in [5.41, 5.74) is 3.68. The number of amides is 1. The second-order valence-corrected chi connectivity index (χ2v) is 8.22. The normalized spacial score (nSPS) is 18.4. The quantitative estimate of drug-likeness (QED) is 0.482. The molecule has 163 valence electrons. The minimum Gasteiger partial charge on any atom is -0.338 e. The Kier molecular flexibility index (Phi) is 5.87. The Morgan fingerprint density at radius 1 is 1.34 bits per heavy atom. The third-order valence-corrected chi connectivity index (χ3v) is 6.12. The Hall–Kier alpha value is -3.23. The molecular formula is C23H21ClN5O3. The fraction of sp³-hybridized carbons (Fsp3) is 0.304. The molecule has 3 aromatic rings. The van der Waals surface area contributed by atoms with Crippen LogP contribution in [0.5, 0.6) is 5.75 Å². The molecule has 1 N–H and O–H groups in total. The third-order valence-electron chi connectivity index (χ3n) is 5.82. The van der Waals surface area contributed by atoms with Crippen LogP contribution >= 0.6 is 11.6 Å². The van der Waals surface area contributed by atoms with Crippen molar-refractivity contribution < 1.29 is 14.6 Å². The number of benzene rings is 2. The Bertz CT molecular complexity index is 1150. The highest BCUT2D eigenvalue weighted by atomic mass is 35.5. The molecule has 0 spiro atoms. The monoisotopic (exact) mass is 450 g/mol. The van der Waals surface area contributed by atoms with Crippen molar-refractivity contribution in [2.45, 2.75) is 25.2 Å². The number of aromatic amines is 1. The van der Waals surface area contributed by atoms with Gasteiger partial charge in [-0.1, -0.05) is 29.8 Å². The Morgan fingerprint density at radius 3 is 3.16 bits per heavy atom. The highest BCUT2D eigenvalue weighted by Gasteiger charge is 2.26. The van der Waals surface area contributed by atoms with Crippen LogP contribution in [0.15, 0.2) is 36.4 Å². The van der Waals surface area contributed by atoms with Crippen LogP contribution in [0.25, 0.3) is 17.2 Å². The predicted molar refractivity (Wildman–Crippen MR) is 118 cm³/mol. The number of tetrazole rings is 1. The van der Waals surface area contributed by atoms with Crippen LogP contribution in [0.2, 0.25) is 5.02 Å². The van der Waals surface area contributed by atoms with Crippen molar-refractivity contribution in [2.75, 3.05) is 19.7 Å². The summed E-state index contributed by atoms with van der Waals surface area (Å²) in [5, 5.41) is 14.6. The topological polar surface area (TPSA) is 93.2 Å². The Morgan fingerprint density at radius 2 is 2.28 bits per heavy atom. The summed E-state index contributed by atoms with van der Waals surface area (Å²) in [7, 11) is 0. The molecule has 1 atom stereocenters. The van der Waals surface area contributed by atoms with E-state index in [-0.39, 0.29) is 11.8 Å². The van der Waals surface area contributed by atoms with E-state index in [1.807, 2.05) is 35.2 Å². The molecule has 1 amide bonds. The molecule has 1 aromatic heterocycles. The van der Waals surface area contributed by atoms with Crippen molar-refractivity contribution in [3.05, 3.63) is 64.4 Å². The van der Waals surface area contributed by atoms with E-state index in [9.17, 15) is 4.79 Å². The Labute approximate surface area is 190 Å². The molecule has 8 nitrogen and oxygen atoms in total. The Balaban J connectivity index is 1.38. The summed E-state index contributed by atoms with van der Waals surface area (Å²) in [5.74, 6) is 1.51. The lowest BCUT2D eigenvalue weighted by Gasteiger charge is -2.30. The molecule has 1 saturated heterocycles. The number of likely N-dealkylation sites (tertiary alicyclic amines) is 1. The average molecular weight is 451 g/mol. The second kappa shape index (κ2) is 9.10. The van der Waals surface area contributed by atoms with Crippen LogP contribution in [0.4, 0.5) is 0 Å². The number of halogens is 1. The van der Waals surface area contributed by atoms with Crippen molar-refractivity contribution in [2.24, 2.45) is 0 Å². The molecule has 0 bridgehead atoms. The van der Waals surface area contributed by atoms with E-state index in [4.69, 9.17) is 21.4 Å². The van der Waals surface area contributed by atoms with Gasteiger partial charge in [0.05, 0.1) is 11.6 Å². The zero-order valence-electron chi connectivity index (χ0n) is 17.3. The van der Waals surface area contributed by atoms with Gasteiger partial charge in [-0.2, -0.15) is 4.89 Å². The van der Waals surface area contributed by atoms with Gasteiger partial charge in [0, 0.05) is 48.7 Å². The minimum absolute atomic E-state index is 0.0481. The maximum Gasteiger partial charge on any atom is 0.246 e. The molecule has 5 rings (SSSR count). The fourth-order valence-electron chi connectivity index (χ4n) is 4.19. The number of hydrogen-bond donors (Lipinski definition) is 1. The zero-order valence-corrected chi connectivity index (χ0v) is 18.0. The van der Waals surface area contributed by atoms with Crippen LogP contribution < -0.4 is 4.89 Å². The number of H-pyrrole nitrogens is 1. The van der Waals surface area contributed by atoms with Gasteiger partial charge in [0.15, 0.2) is 11.6 Å². The predicted octanol–water partition coefficient (Wildman–Crippen LogP) is 3.61. The number of fused-ring (bicyclic) bond motifs is 1. The summed E-state index contributed by atoms with van der Waals surface area (Å²) in [4.78, 5) is 25.0. The molecular weight excluding hydrogens is 430 g/mol. The van der Waals surface area contributed by atoms with E-state index in [1.54, 1.807) is 12.1 Å².